The van der Waals surface area contributed by atoms with Crippen molar-refractivity contribution in [2.45, 2.75) is 0 Å². The molecule has 19 heavy (non-hydrogen) atoms. The van der Waals surface area contributed by atoms with Gasteiger partial charge in [0, 0.05) is 31.3 Å². The summed E-state index contributed by atoms with van der Waals surface area (Å²) in [6, 6.07) is 6.16. The molecule has 0 saturated heterocycles. The van der Waals surface area contributed by atoms with Crippen molar-refractivity contribution in [1.82, 2.24) is 0 Å². The molecule has 0 fully saturated rings. The summed E-state index contributed by atoms with van der Waals surface area (Å²) >= 11 is 24.9. The number of hydrogen-bond acceptors (Lipinski definition) is 0. The van der Waals surface area contributed by atoms with E-state index >= 15 is 0 Å². The summed E-state index contributed by atoms with van der Waals surface area (Å²) in [5.74, 6) is 0. The second-order valence-electron chi connectivity index (χ2n) is 3.59. The van der Waals surface area contributed by atoms with E-state index in [9.17, 15) is 0 Å². The van der Waals surface area contributed by atoms with E-state index in [1.165, 1.54) is 0 Å². The van der Waals surface area contributed by atoms with Gasteiger partial charge in [-0.15, -0.1) is 0 Å². The van der Waals surface area contributed by atoms with Gasteiger partial charge in [0.1, 0.15) is 0 Å². The lowest BCUT2D eigenvalue weighted by Crippen LogP contribution is -1.87. The van der Waals surface area contributed by atoms with Crippen LogP contribution in [0.3, 0.4) is 0 Å². The quantitative estimate of drug-likeness (QED) is 0.206. The van der Waals surface area contributed by atoms with Crippen LogP contribution in [0.2, 0.25) is 0 Å². The normalized spacial score (nSPS) is 10.9. The van der Waals surface area contributed by atoms with Crippen LogP contribution in [0, 0.1) is 0 Å². The second-order valence-corrected chi connectivity index (χ2v) is 9.39. The smallest absolute Gasteiger partial charge is 0.0477 e. The molecule has 0 unspecified atom stereocenters. The molecule has 0 bridgehead atoms. The minimum atomic E-state index is 0.975. The van der Waals surface area contributed by atoms with E-state index in [0.29, 0.717) is 0 Å². The molecular formula is C12H3Br7. The largest absolute Gasteiger partial charge is 0.0501 e. The van der Waals surface area contributed by atoms with Crippen LogP contribution in [0.1, 0.15) is 0 Å². The van der Waals surface area contributed by atoms with Crippen molar-refractivity contribution >= 4 is 112 Å². The molecule has 100 valence electrons. The summed E-state index contributed by atoms with van der Waals surface area (Å²) in [4.78, 5) is 0. The number of hydrogen-bond donors (Lipinski definition) is 0. The van der Waals surface area contributed by atoms with Gasteiger partial charge in [-0.1, -0.05) is 15.9 Å². The van der Waals surface area contributed by atoms with Gasteiger partial charge in [0.05, 0.1) is 0 Å². The molecule has 0 heterocycles. The predicted octanol–water partition coefficient (Wildman–Crippen LogP) is 8.69. The van der Waals surface area contributed by atoms with Crippen molar-refractivity contribution in [1.29, 1.82) is 0 Å². The zero-order valence-electron chi connectivity index (χ0n) is 8.88. The lowest BCUT2D eigenvalue weighted by Gasteiger charge is -2.13. The molecule has 0 N–H and O–H groups in total. The molecule has 0 amide bonds. The van der Waals surface area contributed by atoms with Crippen LogP contribution in [-0.4, -0.2) is 0 Å². The maximum atomic E-state index is 3.63. The Hall–Kier alpha value is 1.80. The molecule has 0 spiro atoms. The molecule has 0 aromatic heterocycles. The van der Waals surface area contributed by atoms with Crippen molar-refractivity contribution in [3.63, 3.8) is 0 Å². The van der Waals surface area contributed by atoms with E-state index < -0.39 is 0 Å². The summed E-state index contributed by atoms with van der Waals surface area (Å²) < 4.78 is 6.98. The standard InChI is InChI=1S/C12H3Br7/c13-6-3-8(15)7(14)1-4(6)5-2-9(16)11(18)12(19)10(5)17/h1-3H. The van der Waals surface area contributed by atoms with Gasteiger partial charge < -0.3 is 0 Å². The molecule has 2 rings (SSSR count). The van der Waals surface area contributed by atoms with Gasteiger partial charge in [-0.25, -0.2) is 0 Å². The highest BCUT2D eigenvalue weighted by Gasteiger charge is 2.16. The number of benzene rings is 2. The van der Waals surface area contributed by atoms with Crippen molar-refractivity contribution in [2.24, 2.45) is 0 Å². The summed E-state index contributed by atoms with van der Waals surface area (Å²) in [6.07, 6.45) is 0. The van der Waals surface area contributed by atoms with Gasteiger partial charge in [0.25, 0.3) is 0 Å². The Balaban J connectivity index is 2.76. The summed E-state index contributed by atoms with van der Waals surface area (Å²) in [5, 5.41) is 0. The highest BCUT2D eigenvalue weighted by Crippen LogP contribution is 2.45. The van der Waals surface area contributed by atoms with E-state index in [1.807, 2.05) is 6.07 Å². The predicted molar refractivity (Wildman–Crippen MR) is 106 cm³/mol. The lowest BCUT2D eigenvalue weighted by atomic mass is 10.1. The van der Waals surface area contributed by atoms with E-state index in [4.69, 9.17) is 0 Å². The van der Waals surface area contributed by atoms with Crippen LogP contribution >= 0.6 is 112 Å². The zero-order valence-corrected chi connectivity index (χ0v) is 20.0. The van der Waals surface area contributed by atoms with E-state index in [1.54, 1.807) is 0 Å². The third-order valence-electron chi connectivity index (χ3n) is 2.40. The van der Waals surface area contributed by atoms with Crippen LogP contribution in [0.15, 0.2) is 49.5 Å². The average molecular weight is 706 g/mol. The Labute approximate surface area is 170 Å². The van der Waals surface area contributed by atoms with E-state index in [2.05, 4.69) is 124 Å². The molecule has 0 atom stereocenters. The van der Waals surface area contributed by atoms with Crippen LogP contribution < -0.4 is 0 Å². The Bertz CT molecular complexity index is 664. The summed E-state index contributed by atoms with van der Waals surface area (Å²) in [6.45, 7) is 0. The van der Waals surface area contributed by atoms with Gasteiger partial charge in [0.15, 0.2) is 0 Å². The first-order valence-electron chi connectivity index (χ1n) is 4.80. The Morgan fingerprint density at radius 3 is 1.58 bits per heavy atom. The molecule has 7 heteroatoms. The maximum absolute atomic E-state index is 3.63. The Morgan fingerprint density at radius 1 is 0.421 bits per heavy atom. The molecule has 0 aliphatic carbocycles. The second kappa shape index (κ2) is 6.92. The third kappa shape index (κ3) is 3.59. The molecule has 0 nitrogen and oxygen atoms in total. The average Bonchev–Trinajstić information content (AvgIpc) is 2.36. The zero-order chi connectivity index (χ0) is 14.3. The van der Waals surface area contributed by atoms with Gasteiger partial charge in [-0.05, 0) is 125 Å². The monoisotopic (exact) mass is 699 g/mol. The molecule has 0 radical (unpaired) electrons. The van der Waals surface area contributed by atoms with Gasteiger partial charge in [-0.3, -0.25) is 0 Å². The molecule has 2 aromatic rings. The van der Waals surface area contributed by atoms with E-state index in [0.717, 1.165) is 42.4 Å². The van der Waals surface area contributed by atoms with Crippen molar-refractivity contribution in [3.05, 3.63) is 49.5 Å². The minimum Gasteiger partial charge on any atom is -0.0501 e. The molecule has 0 aliphatic heterocycles. The molecule has 0 aliphatic rings. The van der Waals surface area contributed by atoms with Gasteiger partial charge >= 0.3 is 0 Å². The molecule has 2 aromatic carbocycles. The number of rotatable bonds is 1. The molecule has 0 saturated carbocycles. The Morgan fingerprint density at radius 2 is 0.947 bits per heavy atom. The third-order valence-corrected chi connectivity index (χ3v) is 9.57. The molecular weight excluding hydrogens is 703 g/mol. The van der Waals surface area contributed by atoms with Crippen LogP contribution in [0.5, 0.6) is 0 Å². The van der Waals surface area contributed by atoms with Crippen LogP contribution in [0.4, 0.5) is 0 Å². The maximum Gasteiger partial charge on any atom is 0.0477 e. The first-order chi connectivity index (χ1) is 8.82. The fourth-order valence-electron chi connectivity index (χ4n) is 1.50. The highest BCUT2D eigenvalue weighted by atomic mass is 79.9. The lowest BCUT2D eigenvalue weighted by molar-refractivity contribution is 1.45. The SMILES string of the molecule is Brc1cc(Br)c(-c2cc(Br)c(Br)c(Br)c2Br)cc1Br. The van der Waals surface area contributed by atoms with Gasteiger partial charge in [0.2, 0.25) is 0 Å². The summed E-state index contributed by atoms with van der Waals surface area (Å²) in [7, 11) is 0. The topological polar surface area (TPSA) is 0 Å². The minimum absolute atomic E-state index is 0.975. The van der Waals surface area contributed by atoms with Crippen molar-refractivity contribution < 1.29 is 0 Å². The van der Waals surface area contributed by atoms with E-state index in [-0.39, 0.29) is 0 Å². The highest BCUT2D eigenvalue weighted by molar-refractivity contribution is 9.15. The fourth-order valence-corrected chi connectivity index (χ4v) is 5.27. The first-order valence-corrected chi connectivity index (χ1v) is 10.4. The van der Waals surface area contributed by atoms with Crippen molar-refractivity contribution in [3.8, 4) is 11.1 Å². The van der Waals surface area contributed by atoms with Crippen molar-refractivity contribution in [2.75, 3.05) is 0 Å². The van der Waals surface area contributed by atoms with Gasteiger partial charge in [-0.2, -0.15) is 0 Å². The van der Waals surface area contributed by atoms with Crippen LogP contribution in [0.25, 0.3) is 11.1 Å². The summed E-state index contributed by atoms with van der Waals surface area (Å²) in [5.41, 5.74) is 2.18. The first kappa shape index (κ1) is 17.2. The number of halogens is 7. The van der Waals surface area contributed by atoms with Crippen LogP contribution in [-0.2, 0) is 0 Å². The fraction of sp³-hybridized carbons (Fsp3) is 0. The Kier molecular flexibility index (Phi) is 6.25.